The minimum atomic E-state index is 0.265. The summed E-state index contributed by atoms with van der Waals surface area (Å²) in [6.45, 7) is 7.66. The van der Waals surface area contributed by atoms with Crippen molar-refractivity contribution < 1.29 is 9.53 Å². The third-order valence-electron chi connectivity index (χ3n) is 5.43. The van der Waals surface area contributed by atoms with E-state index in [4.69, 9.17) is 4.74 Å². The molecule has 152 valence electrons. The molecule has 0 aliphatic carbocycles. The Morgan fingerprint density at radius 2 is 2.00 bits per heavy atom. The van der Waals surface area contributed by atoms with E-state index in [0.717, 1.165) is 42.7 Å². The fraction of sp³-hybridized carbons (Fsp3) is 0.455. The number of fused-ring (bicyclic) bond motifs is 1. The van der Waals surface area contributed by atoms with E-state index >= 15 is 0 Å². The molecule has 1 fully saturated rings. The van der Waals surface area contributed by atoms with Crippen LogP contribution in [0.1, 0.15) is 44.8 Å². The normalized spacial score (nSPS) is 15.2. The van der Waals surface area contributed by atoms with E-state index < -0.39 is 0 Å². The summed E-state index contributed by atoms with van der Waals surface area (Å²) in [5.41, 5.74) is 1.68. The zero-order valence-electron chi connectivity index (χ0n) is 17.2. The molecular weight excluding hydrogens is 366 g/mol. The van der Waals surface area contributed by atoms with E-state index in [9.17, 15) is 4.79 Å². The van der Waals surface area contributed by atoms with E-state index in [0.29, 0.717) is 30.0 Å². The first-order valence-corrected chi connectivity index (χ1v) is 10.2. The number of rotatable bonds is 5. The van der Waals surface area contributed by atoms with Crippen LogP contribution < -0.4 is 4.74 Å². The quantitative estimate of drug-likeness (QED) is 0.651. The fourth-order valence-corrected chi connectivity index (χ4v) is 3.88. The number of likely N-dealkylation sites (tertiary alicyclic amines) is 1. The molecule has 4 rings (SSSR count). The molecule has 0 saturated carbocycles. The van der Waals surface area contributed by atoms with Gasteiger partial charge >= 0.3 is 0 Å². The number of aryl methyl sites for hydroxylation is 1. The van der Waals surface area contributed by atoms with Crippen molar-refractivity contribution in [1.82, 2.24) is 24.4 Å². The highest BCUT2D eigenvalue weighted by molar-refractivity contribution is 5.81. The molecule has 4 heterocycles. The third-order valence-corrected chi connectivity index (χ3v) is 5.43. The van der Waals surface area contributed by atoms with Crippen LogP contribution in [0.3, 0.4) is 0 Å². The van der Waals surface area contributed by atoms with Gasteiger partial charge in [-0.2, -0.15) is 0 Å². The Bertz CT molecular complexity index is 1010. The first kappa shape index (κ1) is 19.4. The number of amides is 1. The summed E-state index contributed by atoms with van der Waals surface area (Å²) in [5.74, 6) is 1.89. The lowest BCUT2D eigenvalue weighted by Gasteiger charge is -2.33. The fourth-order valence-electron chi connectivity index (χ4n) is 3.88. The zero-order valence-corrected chi connectivity index (χ0v) is 17.2. The Morgan fingerprint density at radius 1 is 1.21 bits per heavy atom. The predicted molar refractivity (Wildman–Crippen MR) is 111 cm³/mol. The summed E-state index contributed by atoms with van der Waals surface area (Å²) in [6.07, 6.45) is 7.82. The Balaban J connectivity index is 1.52. The van der Waals surface area contributed by atoms with Crippen LogP contribution in [0.15, 0.2) is 36.9 Å². The zero-order chi connectivity index (χ0) is 20.4. The van der Waals surface area contributed by atoms with Gasteiger partial charge in [0, 0.05) is 37.9 Å². The predicted octanol–water partition coefficient (Wildman–Crippen LogP) is 4.14. The average molecular weight is 393 g/mol. The topological polar surface area (TPSA) is 73.1 Å². The van der Waals surface area contributed by atoms with E-state index in [1.54, 1.807) is 12.5 Å². The van der Waals surface area contributed by atoms with Crippen LogP contribution in [0.4, 0.5) is 0 Å². The molecule has 0 N–H and O–H groups in total. The molecule has 3 aromatic heterocycles. The summed E-state index contributed by atoms with van der Waals surface area (Å²) in [5, 5.41) is 0.883. The molecule has 0 aromatic carbocycles. The molecule has 7 nitrogen and oxygen atoms in total. The molecule has 1 aliphatic rings. The molecule has 0 unspecified atom stereocenters. The van der Waals surface area contributed by atoms with E-state index in [1.165, 1.54) is 0 Å². The summed E-state index contributed by atoms with van der Waals surface area (Å²) in [4.78, 5) is 27.4. The van der Waals surface area contributed by atoms with Crippen molar-refractivity contribution in [1.29, 1.82) is 0 Å². The second-order valence-electron chi connectivity index (χ2n) is 8.04. The maximum Gasteiger partial charge on any atom is 0.231 e. The SMILES string of the molecule is Cc1ncccc1Oc1ncnc2c1ccn2C1CCN(C(=O)CC(C)C)CC1. The van der Waals surface area contributed by atoms with E-state index in [2.05, 4.69) is 39.6 Å². The highest BCUT2D eigenvalue weighted by atomic mass is 16.5. The largest absolute Gasteiger partial charge is 0.436 e. The number of hydrogen-bond acceptors (Lipinski definition) is 5. The van der Waals surface area contributed by atoms with Crippen LogP contribution in [0.25, 0.3) is 11.0 Å². The molecule has 1 saturated heterocycles. The van der Waals surface area contributed by atoms with Crippen molar-refractivity contribution in [2.75, 3.05) is 13.1 Å². The van der Waals surface area contributed by atoms with Crippen LogP contribution in [0, 0.1) is 12.8 Å². The molecule has 7 heteroatoms. The summed E-state index contributed by atoms with van der Waals surface area (Å²) in [6, 6.07) is 6.06. The molecular formula is C22H27N5O2. The Kier molecular flexibility index (Phi) is 5.47. The second kappa shape index (κ2) is 8.19. The highest BCUT2D eigenvalue weighted by Gasteiger charge is 2.25. The summed E-state index contributed by atoms with van der Waals surface area (Å²) < 4.78 is 8.23. The Hall–Kier alpha value is -2.96. The van der Waals surface area contributed by atoms with Gasteiger partial charge in [0.1, 0.15) is 12.0 Å². The minimum absolute atomic E-state index is 0.265. The van der Waals surface area contributed by atoms with Gasteiger partial charge in [0.15, 0.2) is 5.75 Å². The van der Waals surface area contributed by atoms with Gasteiger partial charge in [-0.25, -0.2) is 9.97 Å². The molecule has 3 aromatic rings. The van der Waals surface area contributed by atoms with Crippen LogP contribution in [0.5, 0.6) is 11.6 Å². The number of piperidine rings is 1. The van der Waals surface area contributed by atoms with Gasteiger partial charge in [0.2, 0.25) is 11.8 Å². The number of nitrogens with zero attached hydrogens (tertiary/aromatic N) is 5. The van der Waals surface area contributed by atoms with Gasteiger partial charge in [0.25, 0.3) is 0 Å². The first-order chi connectivity index (χ1) is 14.0. The molecule has 0 radical (unpaired) electrons. The highest BCUT2D eigenvalue weighted by Crippen LogP contribution is 2.32. The first-order valence-electron chi connectivity index (χ1n) is 10.2. The maximum atomic E-state index is 12.3. The second-order valence-corrected chi connectivity index (χ2v) is 8.04. The number of pyridine rings is 1. The summed E-state index contributed by atoms with van der Waals surface area (Å²) in [7, 11) is 0. The number of hydrogen-bond donors (Lipinski definition) is 0. The molecule has 29 heavy (non-hydrogen) atoms. The van der Waals surface area contributed by atoms with Crippen molar-refractivity contribution in [3.8, 4) is 11.6 Å². The lowest BCUT2D eigenvalue weighted by atomic mass is 10.0. The van der Waals surface area contributed by atoms with Gasteiger partial charge in [0.05, 0.1) is 11.1 Å². The molecule has 0 spiro atoms. The lowest BCUT2D eigenvalue weighted by Crippen LogP contribution is -2.39. The van der Waals surface area contributed by atoms with Crippen LogP contribution in [0.2, 0.25) is 0 Å². The Morgan fingerprint density at radius 3 is 2.72 bits per heavy atom. The van der Waals surface area contributed by atoms with Gasteiger partial charge in [-0.1, -0.05) is 13.8 Å². The lowest BCUT2D eigenvalue weighted by molar-refractivity contribution is -0.133. The summed E-state index contributed by atoms with van der Waals surface area (Å²) >= 11 is 0. The number of ether oxygens (including phenoxy) is 1. The van der Waals surface area contributed by atoms with Gasteiger partial charge in [-0.15, -0.1) is 0 Å². The number of aromatic nitrogens is 4. The molecule has 1 aliphatic heterocycles. The molecule has 0 bridgehead atoms. The van der Waals surface area contributed by atoms with Crippen molar-refractivity contribution >= 4 is 16.9 Å². The van der Waals surface area contributed by atoms with Crippen LogP contribution in [-0.2, 0) is 4.79 Å². The van der Waals surface area contributed by atoms with E-state index in [1.807, 2.05) is 30.0 Å². The van der Waals surface area contributed by atoms with Gasteiger partial charge in [-0.05, 0) is 43.9 Å². The van der Waals surface area contributed by atoms with Crippen LogP contribution in [-0.4, -0.2) is 43.4 Å². The average Bonchev–Trinajstić information content (AvgIpc) is 3.14. The van der Waals surface area contributed by atoms with Crippen molar-refractivity contribution in [3.05, 3.63) is 42.6 Å². The minimum Gasteiger partial charge on any atom is -0.436 e. The van der Waals surface area contributed by atoms with Gasteiger partial charge < -0.3 is 14.2 Å². The van der Waals surface area contributed by atoms with Crippen molar-refractivity contribution in [2.24, 2.45) is 5.92 Å². The molecule has 1 amide bonds. The van der Waals surface area contributed by atoms with Gasteiger partial charge in [-0.3, -0.25) is 9.78 Å². The maximum absolute atomic E-state index is 12.3. The number of carbonyl (C=O) groups excluding carboxylic acids is 1. The van der Waals surface area contributed by atoms with E-state index in [-0.39, 0.29) is 5.91 Å². The third kappa shape index (κ3) is 4.09. The van der Waals surface area contributed by atoms with Crippen molar-refractivity contribution in [2.45, 2.75) is 46.1 Å². The smallest absolute Gasteiger partial charge is 0.231 e. The van der Waals surface area contributed by atoms with Crippen molar-refractivity contribution in [3.63, 3.8) is 0 Å². The monoisotopic (exact) mass is 393 g/mol. The number of carbonyl (C=O) groups is 1. The molecule has 0 atom stereocenters. The standard InChI is InChI=1S/C22H27N5O2/c1-15(2)13-20(28)26-10-6-17(7-11-26)27-12-8-18-21(27)24-14-25-22(18)29-19-5-4-9-23-16(19)3/h4-5,8-9,12,14-15,17H,6-7,10-11,13H2,1-3H3. The Labute approximate surface area is 170 Å². The van der Waals surface area contributed by atoms with Crippen LogP contribution >= 0.6 is 0 Å².